The van der Waals surface area contributed by atoms with Gasteiger partial charge in [-0.15, -0.1) is 0 Å². The zero-order chi connectivity index (χ0) is 25.1. The van der Waals surface area contributed by atoms with Crippen molar-refractivity contribution >= 4 is 27.8 Å². The van der Waals surface area contributed by atoms with Gasteiger partial charge in [0.2, 0.25) is 5.91 Å². The number of fused-ring (bicyclic) bond motifs is 2. The predicted octanol–water partition coefficient (Wildman–Crippen LogP) is 4.07. The SMILES string of the molecule is Cn1ncc2c(=O)n(-c3ccc(-c4ccc5cc[nH]c5c4)cc3)c(C[C@@H]3CCN(C(=O)C4CC4)C3)nc21. The van der Waals surface area contributed by atoms with Gasteiger partial charge >= 0.3 is 0 Å². The molecule has 2 fully saturated rings. The lowest BCUT2D eigenvalue weighted by molar-refractivity contribution is -0.131. The molecule has 8 heteroatoms. The van der Waals surface area contributed by atoms with E-state index in [2.05, 4.69) is 46.5 Å². The zero-order valence-corrected chi connectivity index (χ0v) is 20.7. The van der Waals surface area contributed by atoms with E-state index >= 15 is 0 Å². The molecule has 3 aromatic heterocycles. The van der Waals surface area contributed by atoms with Crippen molar-refractivity contribution in [2.75, 3.05) is 13.1 Å². The molecule has 1 saturated heterocycles. The van der Waals surface area contributed by atoms with Crippen LogP contribution in [0.4, 0.5) is 0 Å². The van der Waals surface area contributed by atoms with Gasteiger partial charge < -0.3 is 9.88 Å². The van der Waals surface area contributed by atoms with E-state index in [0.29, 0.717) is 29.2 Å². The minimum absolute atomic E-state index is 0.113. The highest BCUT2D eigenvalue weighted by Crippen LogP contribution is 2.33. The number of likely N-dealkylation sites (tertiary alicyclic amines) is 1. The first-order valence-electron chi connectivity index (χ1n) is 13.0. The molecule has 0 radical (unpaired) electrons. The molecule has 2 aliphatic rings. The van der Waals surface area contributed by atoms with E-state index in [-0.39, 0.29) is 17.4 Å². The molecule has 5 aromatic rings. The summed E-state index contributed by atoms with van der Waals surface area (Å²) in [6.45, 7) is 1.52. The van der Waals surface area contributed by atoms with E-state index in [4.69, 9.17) is 4.98 Å². The van der Waals surface area contributed by atoms with Crippen LogP contribution in [-0.4, -0.2) is 48.2 Å². The molecule has 0 unspecified atom stereocenters. The highest BCUT2D eigenvalue weighted by molar-refractivity contribution is 5.85. The summed E-state index contributed by atoms with van der Waals surface area (Å²) in [5.41, 5.74) is 4.55. The molecular formula is C29H28N6O2. The Morgan fingerprint density at radius 3 is 2.68 bits per heavy atom. The predicted molar refractivity (Wildman–Crippen MR) is 143 cm³/mol. The Hall–Kier alpha value is -4.20. The number of aryl methyl sites for hydroxylation is 1. The average Bonchev–Trinajstić information content (AvgIpc) is 3.28. The molecule has 0 bridgehead atoms. The number of hydrogen-bond acceptors (Lipinski definition) is 4. The number of amides is 1. The summed E-state index contributed by atoms with van der Waals surface area (Å²) in [6, 6.07) is 16.5. The molecule has 186 valence electrons. The van der Waals surface area contributed by atoms with Crippen LogP contribution in [0.5, 0.6) is 0 Å². The second-order valence-electron chi connectivity index (χ2n) is 10.4. The Kier molecular flexibility index (Phi) is 5.02. The topological polar surface area (TPSA) is 88.8 Å². The standard InChI is InChI=1S/C29H28N6O2/c1-33-27-24(16-31-33)29(37)35(26(32-27)14-18-11-13-34(17-18)28(36)21-3-4-21)23-8-6-19(7-9-23)22-5-2-20-10-12-30-25(20)15-22/h2,5-10,12,15-16,18,21,30H,3-4,11,13-14,17H2,1H3/t18-/m0/s1. The van der Waals surface area contributed by atoms with Crippen LogP contribution >= 0.6 is 0 Å². The minimum atomic E-state index is -0.113. The Morgan fingerprint density at radius 2 is 1.86 bits per heavy atom. The lowest BCUT2D eigenvalue weighted by atomic mass is 10.0. The quantitative estimate of drug-likeness (QED) is 0.401. The number of rotatable bonds is 5. The number of nitrogens with zero attached hydrogens (tertiary/aromatic N) is 5. The normalized spacial score (nSPS) is 17.8. The van der Waals surface area contributed by atoms with E-state index in [1.807, 2.05) is 30.3 Å². The van der Waals surface area contributed by atoms with Crippen LogP contribution in [0.25, 0.3) is 38.8 Å². The number of nitrogens with one attached hydrogen (secondary N) is 1. The Labute approximate surface area is 213 Å². The van der Waals surface area contributed by atoms with Crippen LogP contribution < -0.4 is 5.56 Å². The fraction of sp³-hybridized carbons (Fsp3) is 0.310. The van der Waals surface area contributed by atoms with Gasteiger partial charge in [-0.05, 0) is 66.0 Å². The van der Waals surface area contributed by atoms with E-state index in [0.717, 1.165) is 54.7 Å². The average molecular weight is 493 g/mol. The third kappa shape index (κ3) is 3.84. The third-order valence-electron chi connectivity index (χ3n) is 7.84. The lowest BCUT2D eigenvalue weighted by Crippen LogP contribution is -2.31. The van der Waals surface area contributed by atoms with Crippen LogP contribution in [0.2, 0.25) is 0 Å². The van der Waals surface area contributed by atoms with E-state index in [1.54, 1.807) is 15.4 Å². The van der Waals surface area contributed by atoms with Gasteiger partial charge in [0.1, 0.15) is 11.2 Å². The number of hydrogen-bond donors (Lipinski definition) is 1. The monoisotopic (exact) mass is 492 g/mol. The maximum absolute atomic E-state index is 13.7. The largest absolute Gasteiger partial charge is 0.361 e. The second kappa shape index (κ2) is 8.44. The molecule has 1 N–H and O–H groups in total. The van der Waals surface area contributed by atoms with Crippen molar-refractivity contribution < 1.29 is 4.79 Å². The molecule has 8 nitrogen and oxygen atoms in total. The summed E-state index contributed by atoms with van der Waals surface area (Å²) in [6.07, 6.45) is 7.14. The van der Waals surface area contributed by atoms with E-state index in [9.17, 15) is 9.59 Å². The van der Waals surface area contributed by atoms with Gasteiger partial charge in [0.15, 0.2) is 5.65 Å². The summed E-state index contributed by atoms with van der Waals surface area (Å²) in [7, 11) is 1.81. The van der Waals surface area contributed by atoms with Crippen LogP contribution in [-0.2, 0) is 18.3 Å². The molecule has 1 amide bonds. The number of H-pyrrole nitrogens is 1. The number of benzene rings is 2. The molecule has 1 atom stereocenters. The lowest BCUT2D eigenvalue weighted by Gasteiger charge is -2.18. The number of aromatic nitrogens is 5. The van der Waals surface area contributed by atoms with Crippen molar-refractivity contribution in [2.45, 2.75) is 25.7 Å². The van der Waals surface area contributed by atoms with E-state index in [1.165, 1.54) is 5.39 Å². The number of aromatic amines is 1. The van der Waals surface area contributed by atoms with Crippen LogP contribution in [0.1, 0.15) is 25.1 Å². The van der Waals surface area contributed by atoms with Crippen LogP contribution in [0.3, 0.4) is 0 Å². The molecule has 37 heavy (non-hydrogen) atoms. The molecule has 7 rings (SSSR count). The van der Waals surface area contributed by atoms with Crippen molar-refractivity contribution in [3.8, 4) is 16.8 Å². The van der Waals surface area contributed by atoms with Gasteiger partial charge in [-0.1, -0.05) is 24.3 Å². The van der Waals surface area contributed by atoms with Crippen molar-refractivity contribution in [1.82, 2.24) is 29.2 Å². The fourth-order valence-corrected chi connectivity index (χ4v) is 5.60. The molecule has 0 spiro atoms. The van der Waals surface area contributed by atoms with Crippen molar-refractivity contribution in [3.05, 3.63) is 77.1 Å². The van der Waals surface area contributed by atoms with Gasteiger partial charge in [0.25, 0.3) is 5.56 Å². The fourth-order valence-electron chi connectivity index (χ4n) is 5.60. The molecule has 1 aliphatic heterocycles. The van der Waals surface area contributed by atoms with Crippen molar-refractivity contribution in [1.29, 1.82) is 0 Å². The highest BCUT2D eigenvalue weighted by Gasteiger charge is 2.37. The first kappa shape index (κ1) is 22.0. The van der Waals surface area contributed by atoms with Crippen LogP contribution in [0, 0.1) is 11.8 Å². The Balaban J connectivity index is 1.24. The van der Waals surface area contributed by atoms with Crippen LogP contribution in [0.15, 0.2) is 65.7 Å². The zero-order valence-electron chi connectivity index (χ0n) is 20.7. The van der Waals surface area contributed by atoms with Gasteiger partial charge in [-0.2, -0.15) is 5.10 Å². The molecular weight excluding hydrogens is 464 g/mol. The third-order valence-corrected chi connectivity index (χ3v) is 7.84. The first-order chi connectivity index (χ1) is 18.0. The summed E-state index contributed by atoms with van der Waals surface area (Å²) in [5, 5.41) is 5.97. The summed E-state index contributed by atoms with van der Waals surface area (Å²) >= 11 is 0. The van der Waals surface area contributed by atoms with Gasteiger partial charge in [0.05, 0.1) is 11.9 Å². The maximum Gasteiger partial charge on any atom is 0.269 e. The molecule has 1 aliphatic carbocycles. The smallest absolute Gasteiger partial charge is 0.269 e. The van der Waals surface area contributed by atoms with Crippen molar-refractivity contribution in [2.24, 2.45) is 18.9 Å². The molecule has 2 aromatic carbocycles. The number of carbonyl (C=O) groups is 1. The van der Waals surface area contributed by atoms with Gasteiger partial charge in [0, 0.05) is 44.2 Å². The summed E-state index contributed by atoms with van der Waals surface area (Å²) in [4.78, 5) is 36.4. The van der Waals surface area contributed by atoms with Crippen molar-refractivity contribution in [3.63, 3.8) is 0 Å². The second-order valence-corrected chi connectivity index (χ2v) is 10.4. The first-order valence-corrected chi connectivity index (χ1v) is 13.0. The van der Waals surface area contributed by atoms with E-state index < -0.39 is 0 Å². The summed E-state index contributed by atoms with van der Waals surface area (Å²) < 4.78 is 3.38. The molecule has 1 saturated carbocycles. The Bertz CT molecular complexity index is 1710. The summed E-state index contributed by atoms with van der Waals surface area (Å²) in [5.74, 6) is 1.52. The minimum Gasteiger partial charge on any atom is -0.361 e. The highest BCUT2D eigenvalue weighted by atomic mass is 16.2. The number of carbonyl (C=O) groups excluding carboxylic acids is 1. The van der Waals surface area contributed by atoms with Gasteiger partial charge in [-0.25, -0.2) is 4.98 Å². The van der Waals surface area contributed by atoms with Gasteiger partial charge in [-0.3, -0.25) is 18.8 Å². The maximum atomic E-state index is 13.7. The molecule has 4 heterocycles. The Morgan fingerprint density at radius 1 is 1.05 bits per heavy atom.